The van der Waals surface area contributed by atoms with Gasteiger partial charge in [-0.05, 0) is 38.5 Å². The van der Waals surface area contributed by atoms with E-state index in [-0.39, 0.29) is 18.9 Å². The van der Waals surface area contributed by atoms with Crippen LogP contribution in [0.2, 0.25) is 0 Å². The second-order valence-electron chi connectivity index (χ2n) is 13.9. The third-order valence-electron chi connectivity index (χ3n) is 9.17. The van der Waals surface area contributed by atoms with Gasteiger partial charge < -0.3 is 20.6 Å². The Morgan fingerprint density at radius 2 is 0.936 bits per heavy atom. The lowest BCUT2D eigenvalue weighted by molar-refractivity contribution is -0.124. The van der Waals surface area contributed by atoms with E-state index >= 15 is 0 Å². The Bertz CT molecular complexity index is 734. The summed E-state index contributed by atoms with van der Waals surface area (Å²) >= 11 is 0. The first-order valence-electron chi connectivity index (χ1n) is 20.3. The summed E-state index contributed by atoms with van der Waals surface area (Å²) in [5.74, 6) is -0.331. The third kappa shape index (κ3) is 34.2. The molecule has 0 fully saturated rings. The largest absolute Gasteiger partial charge is 0.394 e. The van der Waals surface area contributed by atoms with E-state index in [1.807, 2.05) is 6.08 Å². The highest BCUT2D eigenvalue weighted by molar-refractivity contribution is 5.76. The average Bonchev–Trinajstić information content (AvgIpc) is 3.06. The molecule has 0 heterocycles. The molecule has 0 saturated heterocycles. The van der Waals surface area contributed by atoms with E-state index in [0.717, 1.165) is 44.9 Å². The highest BCUT2D eigenvalue weighted by atomic mass is 16.3. The van der Waals surface area contributed by atoms with Crippen LogP contribution in [0.1, 0.15) is 200 Å². The van der Waals surface area contributed by atoms with Crippen molar-refractivity contribution in [2.75, 3.05) is 6.61 Å². The minimum Gasteiger partial charge on any atom is -0.394 e. The average molecular weight is 662 g/mol. The minimum atomic E-state index is -0.955. The molecule has 0 bridgehead atoms. The summed E-state index contributed by atoms with van der Waals surface area (Å²) in [6.45, 7) is 4.07. The van der Waals surface area contributed by atoms with Crippen molar-refractivity contribution in [2.24, 2.45) is 0 Å². The lowest BCUT2D eigenvalue weighted by Gasteiger charge is -2.21. The summed E-state index contributed by atoms with van der Waals surface area (Å²) in [5.41, 5.74) is 0. The number of carbonyl (C=O) groups excluding carboxylic acids is 1. The molecule has 47 heavy (non-hydrogen) atoms. The number of rotatable bonds is 36. The molecular formula is C42H79NO4. The van der Waals surface area contributed by atoms with Crippen molar-refractivity contribution >= 4 is 5.91 Å². The summed E-state index contributed by atoms with van der Waals surface area (Å²) in [6.07, 6.45) is 45.8. The highest BCUT2D eigenvalue weighted by Gasteiger charge is 2.20. The van der Waals surface area contributed by atoms with Crippen molar-refractivity contribution in [3.05, 3.63) is 36.5 Å². The molecule has 0 aromatic rings. The first-order chi connectivity index (χ1) is 23.0. The Morgan fingerprint density at radius 3 is 1.34 bits per heavy atom. The molecule has 0 aromatic carbocycles. The second-order valence-corrected chi connectivity index (χ2v) is 13.9. The number of aliphatic hydroxyl groups excluding tert-OH is 3. The molecule has 0 spiro atoms. The monoisotopic (exact) mass is 662 g/mol. The van der Waals surface area contributed by atoms with E-state index in [1.54, 1.807) is 6.08 Å². The van der Waals surface area contributed by atoms with Gasteiger partial charge >= 0.3 is 0 Å². The molecule has 3 unspecified atom stereocenters. The fourth-order valence-electron chi connectivity index (χ4n) is 6.08. The fraction of sp³-hybridized carbons (Fsp3) is 0.833. The molecule has 0 aliphatic rings. The number of aliphatic hydroxyl groups is 3. The summed E-state index contributed by atoms with van der Waals surface area (Å²) in [7, 11) is 0. The van der Waals surface area contributed by atoms with Crippen molar-refractivity contribution in [1.82, 2.24) is 5.32 Å². The molecule has 0 aliphatic carbocycles. The van der Waals surface area contributed by atoms with Crippen LogP contribution in [0.4, 0.5) is 0 Å². The summed E-state index contributed by atoms with van der Waals surface area (Å²) in [6, 6.07) is -0.763. The number of hydrogen-bond acceptors (Lipinski definition) is 4. The predicted molar refractivity (Wildman–Crippen MR) is 204 cm³/mol. The van der Waals surface area contributed by atoms with E-state index in [1.165, 1.54) is 128 Å². The lowest BCUT2D eigenvalue weighted by Crippen LogP contribution is -2.45. The van der Waals surface area contributed by atoms with Gasteiger partial charge in [-0.25, -0.2) is 0 Å². The van der Waals surface area contributed by atoms with Gasteiger partial charge in [-0.2, -0.15) is 0 Å². The van der Waals surface area contributed by atoms with Gasteiger partial charge in [-0.1, -0.05) is 192 Å². The van der Waals surface area contributed by atoms with Gasteiger partial charge in [0.05, 0.1) is 31.3 Å². The second kappa shape index (κ2) is 37.4. The molecule has 3 atom stereocenters. The maximum absolute atomic E-state index is 12.4. The van der Waals surface area contributed by atoms with Crippen molar-refractivity contribution in [2.45, 2.75) is 218 Å². The fourth-order valence-corrected chi connectivity index (χ4v) is 6.08. The zero-order valence-corrected chi connectivity index (χ0v) is 31.2. The first kappa shape index (κ1) is 45.6. The number of nitrogens with one attached hydrogen (secondary N) is 1. The van der Waals surface area contributed by atoms with Crippen LogP contribution < -0.4 is 5.32 Å². The van der Waals surface area contributed by atoms with Gasteiger partial charge in [-0.15, -0.1) is 0 Å². The smallest absolute Gasteiger partial charge is 0.222 e. The maximum atomic E-state index is 12.4. The first-order valence-corrected chi connectivity index (χ1v) is 20.3. The summed E-state index contributed by atoms with van der Waals surface area (Å²) < 4.78 is 0. The summed E-state index contributed by atoms with van der Waals surface area (Å²) in [4.78, 5) is 12.4. The molecule has 0 saturated carbocycles. The van der Waals surface area contributed by atoms with Crippen LogP contribution in [-0.2, 0) is 4.79 Å². The molecule has 5 nitrogen and oxygen atoms in total. The van der Waals surface area contributed by atoms with Gasteiger partial charge in [0.25, 0.3) is 0 Å². The molecule has 0 aromatic heterocycles. The Kier molecular flexibility index (Phi) is 36.3. The van der Waals surface area contributed by atoms with Crippen LogP contribution in [0.25, 0.3) is 0 Å². The maximum Gasteiger partial charge on any atom is 0.222 e. The Hall–Kier alpha value is -1.43. The lowest BCUT2D eigenvalue weighted by atomic mass is 10.0. The Balaban J connectivity index is 3.61. The minimum absolute atomic E-state index is 0.00439. The molecule has 1 amide bonds. The SMILES string of the molecule is CC/C=C/CC/C=C/CC/C=C/C(O)C(CO)NC(=O)CC(O)CCCCCCCCCCCCCCCCCCCCCCCC. The van der Waals surface area contributed by atoms with Gasteiger partial charge in [0, 0.05) is 0 Å². The number of hydrogen-bond donors (Lipinski definition) is 4. The number of allylic oxidation sites excluding steroid dienone is 5. The number of amides is 1. The molecule has 4 N–H and O–H groups in total. The molecule has 0 radical (unpaired) electrons. The molecule has 5 heteroatoms. The van der Waals surface area contributed by atoms with E-state index in [9.17, 15) is 20.1 Å². The zero-order chi connectivity index (χ0) is 34.5. The standard InChI is InChI=1S/C42H79NO4/c1-3-5-7-9-11-13-15-16-17-18-19-20-21-22-23-24-25-26-27-29-31-33-35-39(45)37-42(47)43-40(38-44)41(46)36-34-32-30-28-14-12-10-8-6-4-2/h6,8,14,28,34,36,39-41,44-46H,3-5,7,9-13,15-27,29-33,35,37-38H2,1-2H3,(H,43,47)/b8-6+,28-14+,36-34+. The van der Waals surface area contributed by atoms with Crippen LogP contribution in [-0.4, -0.2) is 46.1 Å². The molecule has 0 aliphatic heterocycles. The normalized spacial score (nSPS) is 14.1. The van der Waals surface area contributed by atoms with Gasteiger partial charge in [0.2, 0.25) is 5.91 Å². The Labute approximate surface area is 292 Å². The molecular weight excluding hydrogens is 582 g/mol. The zero-order valence-electron chi connectivity index (χ0n) is 31.2. The van der Waals surface area contributed by atoms with Crippen LogP contribution in [0, 0.1) is 0 Å². The highest BCUT2D eigenvalue weighted by Crippen LogP contribution is 2.16. The van der Waals surface area contributed by atoms with Crippen LogP contribution >= 0.6 is 0 Å². The third-order valence-corrected chi connectivity index (χ3v) is 9.17. The Morgan fingerprint density at radius 1 is 0.553 bits per heavy atom. The van der Waals surface area contributed by atoms with Crippen molar-refractivity contribution in [1.29, 1.82) is 0 Å². The number of carbonyl (C=O) groups is 1. The predicted octanol–water partition coefficient (Wildman–Crippen LogP) is 11.2. The molecule has 0 rings (SSSR count). The van der Waals surface area contributed by atoms with E-state index < -0.39 is 18.2 Å². The van der Waals surface area contributed by atoms with Crippen LogP contribution in [0.5, 0.6) is 0 Å². The van der Waals surface area contributed by atoms with E-state index in [2.05, 4.69) is 43.5 Å². The van der Waals surface area contributed by atoms with Crippen molar-refractivity contribution in [3.63, 3.8) is 0 Å². The van der Waals surface area contributed by atoms with Crippen molar-refractivity contribution < 1.29 is 20.1 Å². The van der Waals surface area contributed by atoms with E-state index in [4.69, 9.17) is 0 Å². The topological polar surface area (TPSA) is 89.8 Å². The summed E-state index contributed by atoms with van der Waals surface area (Å²) in [5, 5.41) is 33.0. The van der Waals surface area contributed by atoms with Gasteiger partial charge in [0.1, 0.15) is 0 Å². The number of unbranched alkanes of at least 4 members (excludes halogenated alkanes) is 23. The van der Waals surface area contributed by atoms with Gasteiger partial charge in [0.15, 0.2) is 0 Å². The van der Waals surface area contributed by atoms with Crippen molar-refractivity contribution in [3.8, 4) is 0 Å². The quantitative estimate of drug-likeness (QED) is 0.0397. The van der Waals surface area contributed by atoms with Gasteiger partial charge in [-0.3, -0.25) is 4.79 Å². The van der Waals surface area contributed by atoms with Crippen LogP contribution in [0.15, 0.2) is 36.5 Å². The van der Waals surface area contributed by atoms with E-state index in [0.29, 0.717) is 6.42 Å². The molecule has 276 valence electrons. The van der Waals surface area contributed by atoms with Crippen LogP contribution in [0.3, 0.4) is 0 Å².